The molecular weight excluding hydrogens is 274 g/mol. The maximum atomic E-state index is 12.0. The van der Waals surface area contributed by atoms with E-state index in [1.807, 2.05) is 6.07 Å². The Kier molecular flexibility index (Phi) is 6.52. The highest BCUT2D eigenvalue weighted by atomic mass is 16.5. The van der Waals surface area contributed by atoms with Crippen molar-refractivity contribution in [2.45, 2.75) is 6.92 Å². The summed E-state index contributed by atoms with van der Waals surface area (Å²) >= 11 is 0. The Morgan fingerprint density at radius 1 is 1.19 bits per heavy atom. The van der Waals surface area contributed by atoms with Crippen LogP contribution in [-0.4, -0.2) is 51.2 Å². The zero-order valence-electron chi connectivity index (χ0n) is 12.8. The third-order valence-electron chi connectivity index (χ3n) is 3.00. The SMILES string of the molecule is COC(=O)C(C)CN(C)C(=O)COc1ccccc1OC. The van der Waals surface area contributed by atoms with Gasteiger partial charge in [-0.1, -0.05) is 19.1 Å². The van der Waals surface area contributed by atoms with Gasteiger partial charge < -0.3 is 19.1 Å². The maximum absolute atomic E-state index is 12.0. The molecule has 1 amide bonds. The summed E-state index contributed by atoms with van der Waals surface area (Å²) in [5.41, 5.74) is 0. The van der Waals surface area contributed by atoms with Crippen LogP contribution in [0.25, 0.3) is 0 Å². The first-order chi connectivity index (χ1) is 9.99. The van der Waals surface area contributed by atoms with Crippen LogP contribution in [0.4, 0.5) is 0 Å². The molecule has 1 aromatic rings. The quantitative estimate of drug-likeness (QED) is 0.710. The molecule has 0 aliphatic carbocycles. The molecule has 1 atom stereocenters. The van der Waals surface area contributed by atoms with Gasteiger partial charge in [0.1, 0.15) is 0 Å². The van der Waals surface area contributed by atoms with Crippen molar-refractivity contribution in [2.75, 3.05) is 34.4 Å². The Morgan fingerprint density at radius 3 is 2.38 bits per heavy atom. The van der Waals surface area contributed by atoms with Crippen molar-refractivity contribution in [2.24, 2.45) is 5.92 Å². The number of rotatable bonds is 7. The normalized spacial score (nSPS) is 11.4. The van der Waals surface area contributed by atoms with Crippen LogP contribution < -0.4 is 9.47 Å². The third-order valence-corrected chi connectivity index (χ3v) is 3.00. The summed E-state index contributed by atoms with van der Waals surface area (Å²) in [7, 11) is 4.48. The zero-order valence-corrected chi connectivity index (χ0v) is 12.8. The van der Waals surface area contributed by atoms with Crippen molar-refractivity contribution in [3.05, 3.63) is 24.3 Å². The van der Waals surface area contributed by atoms with Crippen LogP contribution in [0.15, 0.2) is 24.3 Å². The number of para-hydroxylation sites is 2. The van der Waals surface area contributed by atoms with Crippen LogP contribution in [0.3, 0.4) is 0 Å². The minimum absolute atomic E-state index is 0.120. The number of hydrogen-bond acceptors (Lipinski definition) is 5. The maximum Gasteiger partial charge on any atom is 0.310 e. The van der Waals surface area contributed by atoms with Gasteiger partial charge in [-0.15, -0.1) is 0 Å². The Balaban J connectivity index is 2.51. The smallest absolute Gasteiger partial charge is 0.310 e. The number of benzene rings is 1. The lowest BCUT2D eigenvalue weighted by Gasteiger charge is -2.20. The van der Waals surface area contributed by atoms with Crippen molar-refractivity contribution in [1.29, 1.82) is 0 Å². The standard InChI is InChI=1S/C15H21NO5/c1-11(15(18)20-4)9-16(2)14(17)10-21-13-8-6-5-7-12(13)19-3/h5-8,11H,9-10H2,1-4H3. The van der Waals surface area contributed by atoms with E-state index in [9.17, 15) is 9.59 Å². The molecule has 0 bridgehead atoms. The zero-order chi connectivity index (χ0) is 15.8. The topological polar surface area (TPSA) is 65.1 Å². The first kappa shape index (κ1) is 16.8. The predicted molar refractivity (Wildman–Crippen MR) is 77.3 cm³/mol. The van der Waals surface area contributed by atoms with Gasteiger partial charge in [-0.3, -0.25) is 9.59 Å². The molecule has 1 rings (SSSR count). The molecule has 0 heterocycles. The largest absolute Gasteiger partial charge is 0.493 e. The molecule has 0 aromatic heterocycles. The summed E-state index contributed by atoms with van der Waals surface area (Å²) < 4.78 is 15.2. The second-order valence-corrected chi connectivity index (χ2v) is 4.64. The number of nitrogens with zero attached hydrogens (tertiary/aromatic N) is 1. The molecule has 0 radical (unpaired) electrons. The number of amides is 1. The van der Waals surface area contributed by atoms with E-state index >= 15 is 0 Å². The second kappa shape index (κ2) is 8.14. The number of esters is 1. The van der Waals surface area contributed by atoms with E-state index in [0.717, 1.165) is 0 Å². The Morgan fingerprint density at radius 2 is 1.81 bits per heavy atom. The van der Waals surface area contributed by atoms with E-state index in [1.165, 1.54) is 19.1 Å². The van der Waals surface area contributed by atoms with Crippen molar-refractivity contribution in [1.82, 2.24) is 4.90 Å². The Labute approximate surface area is 124 Å². The minimum Gasteiger partial charge on any atom is -0.493 e. The van der Waals surface area contributed by atoms with E-state index < -0.39 is 0 Å². The highest BCUT2D eigenvalue weighted by Crippen LogP contribution is 2.25. The van der Waals surface area contributed by atoms with E-state index in [-0.39, 0.29) is 30.9 Å². The highest BCUT2D eigenvalue weighted by molar-refractivity contribution is 5.79. The van der Waals surface area contributed by atoms with Crippen molar-refractivity contribution < 1.29 is 23.8 Å². The lowest BCUT2D eigenvalue weighted by atomic mass is 10.2. The first-order valence-corrected chi connectivity index (χ1v) is 6.57. The Bertz CT molecular complexity index is 489. The first-order valence-electron chi connectivity index (χ1n) is 6.57. The summed E-state index contributed by atoms with van der Waals surface area (Å²) in [4.78, 5) is 24.7. The van der Waals surface area contributed by atoms with E-state index in [1.54, 1.807) is 32.2 Å². The lowest BCUT2D eigenvalue weighted by Crippen LogP contribution is -2.37. The van der Waals surface area contributed by atoms with Gasteiger partial charge in [-0.25, -0.2) is 0 Å². The van der Waals surface area contributed by atoms with Gasteiger partial charge in [0.15, 0.2) is 18.1 Å². The van der Waals surface area contributed by atoms with Crippen LogP contribution in [0, 0.1) is 5.92 Å². The summed E-state index contributed by atoms with van der Waals surface area (Å²) in [6, 6.07) is 7.09. The molecule has 21 heavy (non-hydrogen) atoms. The monoisotopic (exact) mass is 295 g/mol. The average Bonchev–Trinajstić information content (AvgIpc) is 2.51. The number of hydrogen-bond donors (Lipinski definition) is 0. The average molecular weight is 295 g/mol. The molecule has 6 heteroatoms. The van der Waals surface area contributed by atoms with Crippen LogP contribution in [0.2, 0.25) is 0 Å². The van der Waals surface area contributed by atoms with Gasteiger partial charge in [0.25, 0.3) is 5.91 Å². The molecule has 1 aromatic carbocycles. The van der Waals surface area contributed by atoms with Gasteiger partial charge >= 0.3 is 5.97 Å². The number of carbonyl (C=O) groups excluding carboxylic acids is 2. The van der Waals surface area contributed by atoms with Crippen molar-refractivity contribution >= 4 is 11.9 Å². The molecular formula is C15H21NO5. The van der Waals surface area contributed by atoms with E-state index in [0.29, 0.717) is 11.5 Å². The van der Waals surface area contributed by atoms with E-state index in [4.69, 9.17) is 9.47 Å². The molecule has 0 aliphatic heterocycles. The highest BCUT2D eigenvalue weighted by Gasteiger charge is 2.19. The number of likely N-dealkylation sites (N-methyl/N-ethyl adjacent to an activating group) is 1. The van der Waals surface area contributed by atoms with Gasteiger partial charge in [0.2, 0.25) is 0 Å². The van der Waals surface area contributed by atoms with Gasteiger partial charge in [0.05, 0.1) is 20.1 Å². The predicted octanol–water partition coefficient (Wildman–Crippen LogP) is 1.34. The fourth-order valence-electron chi connectivity index (χ4n) is 1.78. The summed E-state index contributed by atoms with van der Waals surface area (Å²) in [6.45, 7) is 1.86. The molecule has 116 valence electrons. The van der Waals surface area contributed by atoms with Crippen molar-refractivity contribution in [3.8, 4) is 11.5 Å². The molecule has 1 unspecified atom stereocenters. The lowest BCUT2D eigenvalue weighted by molar-refractivity contribution is -0.146. The van der Waals surface area contributed by atoms with Gasteiger partial charge in [-0.05, 0) is 12.1 Å². The van der Waals surface area contributed by atoms with Crippen LogP contribution in [0.5, 0.6) is 11.5 Å². The van der Waals surface area contributed by atoms with Gasteiger partial charge in [0, 0.05) is 13.6 Å². The summed E-state index contributed by atoms with van der Waals surface area (Å²) in [5, 5.41) is 0. The molecule has 0 fully saturated rings. The second-order valence-electron chi connectivity index (χ2n) is 4.64. The number of methoxy groups -OCH3 is 2. The number of ether oxygens (including phenoxy) is 3. The Hall–Kier alpha value is -2.24. The van der Waals surface area contributed by atoms with Crippen LogP contribution in [-0.2, 0) is 14.3 Å². The summed E-state index contributed by atoms with van der Waals surface area (Å²) in [5.74, 6) is 0.116. The molecule has 0 N–H and O–H groups in total. The third kappa shape index (κ3) is 4.98. The van der Waals surface area contributed by atoms with Crippen LogP contribution in [0.1, 0.15) is 6.92 Å². The molecule has 0 spiro atoms. The van der Waals surface area contributed by atoms with Crippen molar-refractivity contribution in [3.63, 3.8) is 0 Å². The molecule has 0 aliphatic rings. The van der Waals surface area contributed by atoms with E-state index in [2.05, 4.69) is 4.74 Å². The fourth-order valence-corrected chi connectivity index (χ4v) is 1.78. The van der Waals surface area contributed by atoms with Gasteiger partial charge in [-0.2, -0.15) is 0 Å². The molecule has 0 saturated carbocycles. The van der Waals surface area contributed by atoms with Crippen LogP contribution >= 0.6 is 0 Å². The summed E-state index contributed by atoms with van der Waals surface area (Å²) in [6.07, 6.45) is 0. The number of carbonyl (C=O) groups is 2. The fraction of sp³-hybridized carbons (Fsp3) is 0.467. The molecule has 0 saturated heterocycles. The minimum atomic E-state index is -0.379. The molecule has 6 nitrogen and oxygen atoms in total.